The first kappa shape index (κ1) is 8.91. The molecule has 2 heterocycles. The number of aromatic amines is 1. The Morgan fingerprint density at radius 3 is 2.62 bits per heavy atom. The van der Waals surface area contributed by atoms with E-state index in [1.54, 1.807) is 12.4 Å². The summed E-state index contributed by atoms with van der Waals surface area (Å²) >= 11 is 0. The predicted octanol–water partition coefficient (Wildman–Crippen LogP) is 2.21. The van der Waals surface area contributed by atoms with E-state index >= 15 is 0 Å². The fourth-order valence-corrected chi connectivity index (χ4v) is 1.70. The summed E-state index contributed by atoms with van der Waals surface area (Å²) in [6.07, 6.45) is 3.48. The largest absolute Gasteiger partial charge is 0.397 e. The van der Waals surface area contributed by atoms with Gasteiger partial charge in [-0.25, -0.2) is 4.98 Å². The number of nitrogens with zero attached hydrogens (tertiary/aromatic N) is 2. The van der Waals surface area contributed by atoms with Gasteiger partial charge in [0.2, 0.25) is 0 Å². The summed E-state index contributed by atoms with van der Waals surface area (Å²) < 4.78 is 0. The van der Waals surface area contributed by atoms with Crippen LogP contribution in [0.25, 0.3) is 22.4 Å². The molecular weight excluding hydrogens is 200 g/mol. The van der Waals surface area contributed by atoms with Crippen molar-refractivity contribution < 1.29 is 0 Å². The highest BCUT2D eigenvalue weighted by Gasteiger charge is 2.06. The molecule has 0 aliphatic heterocycles. The maximum atomic E-state index is 5.85. The Hall–Kier alpha value is -2.36. The molecule has 0 unspecified atom stereocenters. The van der Waals surface area contributed by atoms with Crippen LogP contribution in [0.3, 0.4) is 0 Å². The molecule has 0 aliphatic carbocycles. The molecule has 3 rings (SSSR count). The molecule has 0 atom stereocenters. The third-order valence-corrected chi connectivity index (χ3v) is 2.50. The minimum Gasteiger partial charge on any atom is -0.397 e. The highest BCUT2D eigenvalue weighted by Crippen LogP contribution is 2.23. The minimum atomic E-state index is 0.689. The first-order valence-corrected chi connectivity index (χ1v) is 4.99. The Balaban J connectivity index is 2.23. The maximum absolute atomic E-state index is 5.85. The van der Waals surface area contributed by atoms with Crippen molar-refractivity contribution in [2.75, 3.05) is 5.73 Å². The van der Waals surface area contributed by atoms with E-state index < -0.39 is 0 Å². The van der Waals surface area contributed by atoms with Crippen LogP contribution in [0.5, 0.6) is 0 Å². The molecule has 0 bridgehead atoms. The van der Waals surface area contributed by atoms with Crippen LogP contribution in [0, 0.1) is 0 Å². The summed E-state index contributed by atoms with van der Waals surface area (Å²) in [5, 5.41) is 0. The second-order valence-corrected chi connectivity index (χ2v) is 3.56. The second-order valence-electron chi connectivity index (χ2n) is 3.56. The van der Waals surface area contributed by atoms with Gasteiger partial charge in [-0.1, -0.05) is 6.07 Å². The molecular formula is C12H10N4. The average molecular weight is 210 g/mol. The second kappa shape index (κ2) is 3.34. The zero-order chi connectivity index (χ0) is 11.0. The molecule has 4 nitrogen and oxygen atoms in total. The fourth-order valence-electron chi connectivity index (χ4n) is 1.70. The molecule has 4 heteroatoms. The monoisotopic (exact) mass is 210 g/mol. The number of imidazole rings is 1. The third-order valence-electron chi connectivity index (χ3n) is 2.50. The highest BCUT2D eigenvalue weighted by molar-refractivity contribution is 5.89. The van der Waals surface area contributed by atoms with Gasteiger partial charge in [0.25, 0.3) is 0 Å². The lowest BCUT2D eigenvalue weighted by atomic mass is 10.2. The lowest BCUT2D eigenvalue weighted by Crippen LogP contribution is -1.85. The van der Waals surface area contributed by atoms with Crippen LogP contribution in [0.2, 0.25) is 0 Å². The van der Waals surface area contributed by atoms with Crippen LogP contribution in [-0.4, -0.2) is 15.0 Å². The average Bonchev–Trinajstić information content (AvgIpc) is 2.76. The number of H-pyrrole nitrogens is 1. The Kier molecular flexibility index (Phi) is 1.86. The molecule has 0 radical (unpaired) electrons. The highest BCUT2D eigenvalue weighted by atomic mass is 14.9. The SMILES string of the molecule is Nc1cccc2[nH]c(-c3ccncc3)nc12. The van der Waals surface area contributed by atoms with E-state index in [9.17, 15) is 0 Å². The molecule has 16 heavy (non-hydrogen) atoms. The van der Waals surface area contributed by atoms with Gasteiger partial charge in [0.15, 0.2) is 0 Å². The van der Waals surface area contributed by atoms with Gasteiger partial charge in [0.1, 0.15) is 11.3 Å². The van der Waals surface area contributed by atoms with E-state index in [4.69, 9.17) is 5.73 Å². The fraction of sp³-hybridized carbons (Fsp3) is 0. The molecule has 0 amide bonds. The smallest absolute Gasteiger partial charge is 0.138 e. The van der Waals surface area contributed by atoms with E-state index in [0.29, 0.717) is 5.69 Å². The van der Waals surface area contributed by atoms with E-state index in [2.05, 4.69) is 15.0 Å². The number of para-hydroxylation sites is 1. The number of hydrogen-bond acceptors (Lipinski definition) is 3. The maximum Gasteiger partial charge on any atom is 0.138 e. The molecule has 2 aromatic heterocycles. The van der Waals surface area contributed by atoms with Crippen molar-refractivity contribution in [1.82, 2.24) is 15.0 Å². The predicted molar refractivity (Wildman–Crippen MR) is 63.7 cm³/mol. The number of pyridine rings is 1. The van der Waals surface area contributed by atoms with Crippen molar-refractivity contribution >= 4 is 16.7 Å². The van der Waals surface area contributed by atoms with Crippen LogP contribution >= 0.6 is 0 Å². The van der Waals surface area contributed by atoms with Crippen molar-refractivity contribution in [2.45, 2.75) is 0 Å². The van der Waals surface area contributed by atoms with E-state index in [1.165, 1.54) is 0 Å². The third kappa shape index (κ3) is 1.32. The molecule has 0 saturated carbocycles. The first-order valence-electron chi connectivity index (χ1n) is 4.99. The van der Waals surface area contributed by atoms with Crippen LogP contribution in [0.15, 0.2) is 42.7 Å². The van der Waals surface area contributed by atoms with Gasteiger partial charge in [0.05, 0.1) is 11.2 Å². The number of hydrogen-bond donors (Lipinski definition) is 2. The molecule has 1 aromatic carbocycles. The van der Waals surface area contributed by atoms with Gasteiger partial charge in [-0.05, 0) is 24.3 Å². The summed E-state index contributed by atoms with van der Waals surface area (Å²) in [6.45, 7) is 0. The van der Waals surface area contributed by atoms with Gasteiger partial charge in [-0.3, -0.25) is 4.98 Å². The van der Waals surface area contributed by atoms with Crippen molar-refractivity contribution in [2.24, 2.45) is 0 Å². The van der Waals surface area contributed by atoms with Gasteiger partial charge in [0, 0.05) is 18.0 Å². The van der Waals surface area contributed by atoms with Gasteiger partial charge in [-0.15, -0.1) is 0 Å². The molecule has 0 fully saturated rings. The molecule has 3 aromatic rings. The molecule has 3 N–H and O–H groups in total. The molecule has 0 aliphatic rings. The number of anilines is 1. The van der Waals surface area contributed by atoms with Crippen LogP contribution < -0.4 is 5.73 Å². The Bertz CT molecular complexity index is 628. The number of aromatic nitrogens is 3. The number of rotatable bonds is 1. The molecule has 0 spiro atoms. The Morgan fingerprint density at radius 2 is 1.88 bits per heavy atom. The van der Waals surface area contributed by atoms with Crippen molar-refractivity contribution in [1.29, 1.82) is 0 Å². The van der Waals surface area contributed by atoms with Crippen molar-refractivity contribution in [3.05, 3.63) is 42.7 Å². The summed E-state index contributed by atoms with van der Waals surface area (Å²) in [7, 11) is 0. The van der Waals surface area contributed by atoms with Crippen LogP contribution in [0.1, 0.15) is 0 Å². The van der Waals surface area contributed by atoms with E-state index in [-0.39, 0.29) is 0 Å². The summed E-state index contributed by atoms with van der Waals surface area (Å²) in [4.78, 5) is 11.7. The summed E-state index contributed by atoms with van der Waals surface area (Å²) in [5.74, 6) is 0.815. The zero-order valence-corrected chi connectivity index (χ0v) is 8.51. The molecule has 0 saturated heterocycles. The number of benzene rings is 1. The van der Waals surface area contributed by atoms with Gasteiger partial charge in [-0.2, -0.15) is 0 Å². The lowest BCUT2D eigenvalue weighted by molar-refractivity contribution is 1.28. The Labute approximate surface area is 92.2 Å². The number of nitrogens with two attached hydrogens (primary N) is 1. The Morgan fingerprint density at radius 1 is 1.06 bits per heavy atom. The summed E-state index contributed by atoms with van der Waals surface area (Å²) in [6, 6.07) is 9.54. The topological polar surface area (TPSA) is 67.6 Å². The van der Waals surface area contributed by atoms with Gasteiger partial charge < -0.3 is 10.7 Å². The quantitative estimate of drug-likeness (QED) is 0.605. The minimum absolute atomic E-state index is 0.689. The number of nitrogens with one attached hydrogen (secondary N) is 1. The molecule has 78 valence electrons. The number of fused-ring (bicyclic) bond motifs is 1. The number of nitrogen functional groups attached to an aromatic ring is 1. The first-order chi connectivity index (χ1) is 7.84. The van der Waals surface area contributed by atoms with Crippen molar-refractivity contribution in [3.63, 3.8) is 0 Å². The van der Waals surface area contributed by atoms with Crippen LogP contribution in [-0.2, 0) is 0 Å². The zero-order valence-electron chi connectivity index (χ0n) is 8.51. The van der Waals surface area contributed by atoms with Crippen LogP contribution in [0.4, 0.5) is 5.69 Å². The van der Waals surface area contributed by atoms with E-state index in [1.807, 2.05) is 30.3 Å². The van der Waals surface area contributed by atoms with Gasteiger partial charge >= 0.3 is 0 Å². The summed E-state index contributed by atoms with van der Waals surface area (Å²) in [5.41, 5.74) is 9.31. The lowest BCUT2D eigenvalue weighted by Gasteiger charge is -1.92. The van der Waals surface area contributed by atoms with E-state index in [0.717, 1.165) is 22.4 Å². The van der Waals surface area contributed by atoms with Crippen molar-refractivity contribution in [3.8, 4) is 11.4 Å². The standard InChI is InChI=1S/C12H10N4/c13-9-2-1-3-10-11(9)16-12(15-10)8-4-6-14-7-5-8/h1-7H,13H2,(H,15,16). The normalized spacial score (nSPS) is 10.8.